The van der Waals surface area contributed by atoms with Gasteiger partial charge in [0.25, 0.3) is 11.6 Å². The lowest BCUT2D eigenvalue weighted by molar-refractivity contribution is -0.384. The number of thioether (sulfide) groups is 1. The highest BCUT2D eigenvalue weighted by Crippen LogP contribution is 2.29. The van der Waals surface area contributed by atoms with E-state index in [1.807, 2.05) is 16.9 Å². The molecule has 0 atom stereocenters. The summed E-state index contributed by atoms with van der Waals surface area (Å²) in [6, 6.07) is 11.4. The van der Waals surface area contributed by atoms with E-state index in [-0.39, 0.29) is 5.69 Å². The molecule has 2 heterocycles. The normalized spacial score (nSPS) is 11.9. The van der Waals surface area contributed by atoms with Gasteiger partial charge in [0.2, 0.25) is 0 Å². The number of carbonyl (C=O) groups excluding carboxylic acids is 2. The molecule has 4 rings (SSSR count). The monoisotopic (exact) mass is 487 g/mol. The average Bonchev–Trinajstić information content (AvgIpc) is 3.37. The first kappa shape index (κ1) is 22.2. The van der Waals surface area contributed by atoms with Gasteiger partial charge in [0.1, 0.15) is 0 Å². The lowest BCUT2D eigenvalue weighted by atomic mass is 10.2. The number of non-ortho nitro benzene ring substituents is 1. The number of hydrogen-bond acceptors (Lipinski definition) is 8. The summed E-state index contributed by atoms with van der Waals surface area (Å²) in [6.07, 6.45) is 2.00. The Balaban J connectivity index is 1.79. The molecule has 164 valence electrons. The van der Waals surface area contributed by atoms with E-state index in [0.717, 1.165) is 20.7 Å². The minimum absolute atomic E-state index is 0.0212. The number of amides is 1. The molecule has 0 saturated heterocycles. The number of nitro benzene ring substituents is 1. The highest BCUT2D eigenvalue weighted by atomic mass is 32.2. The average molecular weight is 488 g/mol. The zero-order valence-corrected chi connectivity index (χ0v) is 19.5. The highest BCUT2D eigenvalue weighted by Gasteiger charge is 2.15. The molecule has 0 saturated carbocycles. The molecule has 0 N–H and O–H groups in total. The van der Waals surface area contributed by atoms with Crippen LogP contribution in [0, 0.1) is 10.1 Å². The van der Waals surface area contributed by atoms with Gasteiger partial charge in [0.05, 0.1) is 32.7 Å². The maximum Gasteiger partial charge on any atom is 0.337 e. The number of ether oxygens (including phenoxy) is 1. The van der Waals surface area contributed by atoms with Gasteiger partial charge in [-0.1, -0.05) is 11.3 Å². The van der Waals surface area contributed by atoms with E-state index < -0.39 is 16.8 Å². The Hall–Kier alpha value is -3.02. The third-order valence-corrected chi connectivity index (χ3v) is 7.48. The molecule has 0 radical (unpaired) electrons. The van der Waals surface area contributed by atoms with Crippen LogP contribution in [0.25, 0.3) is 20.3 Å². The molecule has 8 nitrogen and oxygen atoms in total. The maximum absolute atomic E-state index is 13.0. The smallest absolute Gasteiger partial charge is 0.337 e. The first-order valence-corrected chi connectivity index (χ1v) is 12.4. The fourth-order valence-corrected chi connectivity index (χ4v) is 5.58. The van der Waals surface area contributed by atoms with Crippen molar-refractivity contribution in [1.82, 2.24) is 4.57 Å². The van der Waals surface area contributed by atoms with Gasteiger partial charge in [-0.05, 0) is 36.6 Å². The molecule has 1 amide bonds. The number of thiophene rings is 1. The predicted octanol–water partition coefficient (Wildman–Crippen LogP) is 4.72. The molecule has 2 aromatic carbocycles. The van der Waals surface area contributed by atoms with Gasteiger partial charge in [-0.25, -0.2) is 4.79 Å². The zero-order valence-electron chi connectivity index (χ0n) is 17.1. The molecular weight excluding hydrogens is 470 g/mol. The molecule has 0 fully saturated rings. The van der Waals surface area contributed by atoms with Gasteiger partial charge in [0.15, 0.2) is 4.80 Å². The number of rotatable bonds is 6. The van der Waals surface area contributed by atoms with Crippen molar-refractivity contribution in [3.05, 3.63) is 67.8 Å². The first-order chi connectivity index (χ1) is 15.4. The van der Waals surface area contributed by atoms with Crippen LogP contribution in [0.1, 0.15) is 20.0 Å². The van der Waals surface area contributed by atoms with Crippen LogP contribution in [0.2, 0.25) is 0 Å². The lowest BCUT2D eigenvalue weighted by Gasteiger charge is -2.04. The predicted molar refractivity (Wildman–Crippen MR) is 128 cm³/mol. The van der Waals surface area contributed by atoms with Crippen molar-refractivity contribution in [3.63, 3.8) is 0 Å². The van der Waals surface area contributed by atoms with Crippen molar-refractivity contribution < 1.29 is 19.2 Å². The summed E-state index contributed by atoms with van der Waals surface area (Å²) >= 11 is 4.26. The van der Waals surface area contributed by atoms with Crippen molar-refractivity contribution >= 4 is 72.3 Å². The summed E-state index contributed by atoms with van der Waals surface area (Å²) in [5.74, 6) is -0.00480. The molecule has 0 unspecified atom stereocenters. The van der Waals surface area contributed by atoms with Crippen LogP contribution in [-0.2, 0) is 11.3 Å². The SMILES string of the molecule is COC(=O)c1ccc2c(c1)sc(=NC(=O)c1cc3cc([N+](=O)[O-])ccc3s1)n2CCSC. The summed E-state index contributed by atoms with van der Waals surface area (Å²) in [5, 5.41) is 11.6. The minimum Gasteiger partial charge on any atom is -0.465 e. The second-order valence-corrected chi connectivity index (χ2v) is 9.79. The van der Waals surface area contributed by atoms with Gasteiger partial charge in [-0.2, -0.15) is 16.8 Å². The van der Waals surface area contributed by atoms with Gasteiger partial charge >= 0.3 is 5.97 Å². The van der Waals surface area contributed by atoms with E-state index in [0.29, 0.717) is 27.2 Å². The molecule has 0 aliphatic rings. The summed E-state index contributed by atoms with van der Waals surface area (Å²) in [6.45, 7) is 0.656. The van der Waals surface area contributed by atoms with Crippen molar-refractivity contribution in [2.24, 2.45) is 4.99 Å². The number of thiazole rings is 1. The van der Waals surface area contributed by atoms with E-state index in [1.165, 1.54) is 41.9 Å². The van der Waals surface area contributed by atoms with Crippen LogP contribution in [0.5, 0.6) is 0 Å². The summed E-state index contributed by atoms with van der Waals surface area (Å²) in [7, 11) is 1.33. The first-order valence-electron chi connectivity index (χ1n) is 9.39. The Labute approximate surface area is 194 Å². The van der Waals surface area contributed by atoms with E-state index in [9.17, 15) is 19.7 Å². The molecule has 32 heavy (non-hydrogen) atoms. The third-order valence-electron chi connectivity index (χ3n) is 4.74. The molecule has 0 bridgehead atoms. The number of aromatic nitrogens is 1. The second kappa shape index (κ2) is 9.23. The van der Waals surface area contributed by atoms with Gasteiger partial charge in [-0.3, -0.25) is 14.9 Å². The number of esters is 1. The van der Waals surface area contributed by atoms with E-state index >= 15 is 0 Å². The Morgan fingerprint density at radius 2 is 1.97 bits per heavy atom. The standard InChI is InChI=1S/C21H17N3O5S3/c1-29-20(26)12-3-5-15-17(10-12)32-21(23(15)7-8-30-2)22-19(25)18-11-13-9-14(24(27)28)4-6-16(13)31-18/h3-6,9-11H,7-8H2,1-2H3. The Kier molecular flexibility index (Phi) is 6.40. The maximum atomic E-state index is 13.0. The highest BCUT2D eigenvalue weighted by molar-refractivity contribution is 7.98. The number of benzene rings is 2. The van der Waals surface area contributed by atoms with Crippen LogP contribution in [0.3, 0.4) is 0 Å². The molecule has 2 aromatic heterocycles. The largest absolute Gasteiger partial charge is 0.465 e. The quantitative estimate of drug-likeness (QED) is 0.222. The summed E-state index contributed by atoms with van der Waals surface area (Å²) in [5.41, 5.74) is 1.30. The Morgan fingerprint density at radius 3 is 2.69 bits per heavy atom. The van der Waals surface area contributed by atoms with Crippen LogP contribution in [0.4, 0.5) is 5.69 Å². The van der Waals surface area contributed by atoms with Crippen molar-refractivity contribution in [2.45, 2.75) is 6.54 Å². The number of aryl methyl sites for hydroxylation is 1. The zero-order chi connectivity index (χ0) is 22.8. The number of carbonyl (C=O) groups is 2. The van der Waals surface area contributed by atoms with Gasteiger partial charge in [-0.15, -0.1) is 11.3 Å². The van der Waals surface area contributed by atoms with Crippen molar-refractivity contribution in [1.29, 1.82) is 0 Å². The fourth-order valence-electron chi connectivity index (χ4n) is 3.19. The molecule has 0 spiro atoms. The molecule has 0 aliphatic carbocycles. The van der Waals surface area contributed by atoms with Crippen molar-refractivity contribution in [2.75, 3.05) is 19.1 Å². The van der Waals surface area contributed by atoms with E-state index in [4.69, 9.17) is 4.74 Å². The topological polar surface area (TPSA) is 104 Å². The minimum atomic E-state index is -0.461. The Morgan fingerprint density at radius 1 is 1.16 bits per heavy atom. The number of nitrogens with zero attached hydrogens (tertiary/aromatic N) is 3. The van der Waals surface area contributed by atoms with Crippen LogP contribution in [-0.4, -0.2) is 40.5 Å². The van der Waals surface area contributed by atoms with Crippen LogP contribution in [0.15, 0.2) is 47.5 Å². The molecule has 0 aliphatic heterocycles. The number of methoxy groups -OCH3 is 1. The lowest BCUT2D eigenvalue weighted by Crippen LogP contribution is -2.18. The van der Waals surface area contributed by atoms with Gasteiger partial charge < -0.3 is 9.30 Å². The number of nitro groups is 1. The number of fused-ring (bicyclic) bond motifs is 2. The summed E-state index contributed by atoms with van der Waals surface area (Å²) < 4.78 is 8.37. The fraction of sp³-hybridized carbons (Fsp3) is 0.190. The number of hydrogen-bond donors (Lipinski definition) is 0. The second-order valence-electron chi connectivity index (χ2n) is 6.71. The van der Waals surface area contributed by atoms with E-state index in [1.54, 1.807) is 36.0 Å². The van der Waals surface area contributed by atoms with Gasteiger partial charge in [0, 0.05) is 34.5 Å². The van der Waals surface area contributed by atoms with Crippen LogP contribution < -0.4 is 4.80 Å². The van der Waals surface area contributed by atoms with Crippen LogP contribution >= 0.6 is 34.4 Å². The summed E-state index contributed by atoms with van der Waals surface area (Å²) in [4.78, 5) is 40.7. The molecular formula is C21H17N3O5S3. The van der Waals surface area contributed by atoms with Crippen molar-refractivity contribution in [3.8, 4) is 0 Å². The Bertz CT molecular complexity index is 1430. The molecule has 4 aromatic rings. The third kappa shape index (κ3) is 4.31. The van der Waals surface area contributed by atoms with E-state index in [2.05, 4.69) is 4.99 Å². The molecule has 11 heteroatoms.